The summed E-state index contributed by atoms with van der Waals surface area (Å²) in [7, 11) is 0. The molecule has 0 radical (unpaired) electrons. The first kappa shape index (κ1) is 29.9. The fourth-order valence-electron chi connectivity index (χ4n) is 5.01. The number of nitrogens with zero attached hydrogens (tertiary/aromatic N) is 3. The summed E-state index contributed by atoms with van der Waals surface area (Å²) in [6, 6.07) is 29.4. The first-order chi connectivity index (χ1) is 20.6. The number of benzene rings is 3. The fraction of sp³-hybridized carbons (Fsp3) is 0.167. The molecule has 6 nitrogen and oxygen atoms in total. The van der Waals surface area contributed by atoms with Crippen molar-refractivity contribution in [1.82, 2.24) is 0 Å². The van der Waals surface area contributed by atoms with Crippen molar-refractivity contribution in [2.75, 3.05) is 0 Å². The Morgan fingerprint density at radius 1 is 0.500 bits per heavy atom. The van der Waals surface area contributed by atoms with E-state index in [2.05, 4.69) is 40.5 Å². The summed E-state index contributed by atoms with van der Waals surface area (Å²) in [5.41, 5.74) is 5.51. The zero-order valence-corrected chi connectivity index (χ0v) is 24.3. The molecule has 0 aliphatic rings. The number of aldehydes is 3. The number of aromatic nitrogens is 3. The Balaban J connectivity index is 0.000000145. The van der Waals surface area contributed by atoms with Crippen molar-refractivity contribution in [2.24, 2.45) is 0 Å². The third-order valence-electron chi connectivity index (χ3n) is 7.16. The van der Waals surface area contributed by atoms with Crippen LogP contribution in [0.1, 0.15) is 51.8 Å². The van der Waals surface area contributed by atoms with Crippen molar-refractivity contribution in [3.63, 3.8) is 0 Å². The van der Waals surface area contributed by atoms with E-state index in [1.165, 1.54) is 10.9 Å². The Morgan fingerprint density at radius 3 is 1.69 bits per heavy atom. The van der Waals surface area contributed by atoms with Crippen LogP contribution in [0.3, 0.4) is 0 Å². The van der Waals surface area contributed by atoms with Gasteiger partial charge in [-0.05, 0) is 69.3 Å². The second kappa shape index (κ2) is 14.5. The predicted molar refractivity (Wildman–Crippen MR) is 166 cm³/mol. The van der Waals surface area contributed by atoms with Gasteiger partial charge in [0.15, 0.2) is 24.9 Å². The molecule has 0 atom stereocenters. The van der Waals surface area contributed by atoms with Gasteiger partial charge in [0.25, 0.3) is 0 Å². The summed E-state index contributed by atoms with van der Waals surface area (Å²) in [4.78, 5) is 32.1. The lowest BCUT2D eigenvalue weighted by Gasteiger charge is -2.00. The van der Waals surface area contributed by atoms with Gasteiger partial charge >= 0.3 is 0 Å². The minimum absolute atomic E-state index is 0.728. The highest BCUT2D eigenvalue weighted by Gasteiger charge is 2.10. The first-order valence-corrected chi connectivity index (χ1v) is 14.2. The Kier molecular flexibility index (Phi) is 10.3. The number of carbonyl (C=O) groups is 3. The molecule has 0 aliphatic heterocycles. The number of fused-ring (bicyclic) bond motifs is 3. The highest BCUT2D eigenvalue weighted by molar-refractivity contribution is 5.93. The predicted octanol–water partition coefficient (Wildman–Crippen LogP) is 5.88. The second-order valence-electron chi connectivity index (χ2n) is 9.66. The van der Waals surface area contributed by atoms with E-state index in [0.29, 0.717) is 0 Å². The lowest BCUT2D eigenvalue weighted by Crippen LogP contribution is -2.33. The average Bonchev–Trinajstić information content (AvgIpc) is 3.07. The van der Waals surface area contributed by atoms with E-state index < -0.39 is 0 Å². The normalized spacial score (nSPS) is 10.4. The molecule has 0 fully saturated rings. The molecule has 0 saturated carbocycles. The van der Waals surface area contributed by atoms with Crippen molar-refractivity contribution < 1.29 is 28.1 Å². The van der Waals surface area contributed by atoms with Gasteiger partial charge in [0.05, 0.1) is 5.56 Å². The zero-order chi connectivity index (χ0) is 29.9. The quantitative estimate of drug-likeness (QED) is 0.190. The first-order valence-electron chi connectivity index (χ1n) is 14.2. The van der Waals surface area contributed by atoms with E-state index in [0.717, 1.165) is 77.0 Å². The molecule has 3 heterocycles. The Hall–Kier alpha value is -5.10. The Morgan fingerprint density at radius 2 is 1.05 bits per heavy atom. The molecule has 3 aromatic heterocycles. The molecule has 0 saturated heterocycles. The van der Waals surface area contributed by atoms with E-state index in [1.807, 2.05) is 104 Å². The minimum Gasteiger partial charge on any atom is -0.298 e. The van der Waals surface area contributed by atoms with Crippen molar-refractivity contribution in [2.45, 2.75) is 40.4 Å². The Labute approximate surface area is 246 Å². The molecule has 0 aliphatic carbocycles. The monoisotopic (exact) mass is 558 g/mol. The molecular formula is C36H36N3O3+3. The van der Waals surface area contributed by atoms with Crippen molar-refractivity contribution in [3.05, 3.63) is 126 Å². The molecule has 42 heavy (non-hydrogen) atoms. The molecule has 3 aromatic carbocycles. The van der Waals surface area contributed by atoms with Gasteiger partial charge in [0.1, 0.15) is 32.2 Å². The molecule has 0 N–H and O–H groups in total. The van der Waals surface area contributed by atoms with Gasteiger partial charge in [-0.2, -0.15) is 13.7 Å². The van der Waals surface area contributed by atoms with Crippen LogP contribution in [0.2, 0.25) is 0 Å². The van der Waals surface area contributed by atoms with Crippen LogP contribution in [0.4, 0.5) is 0 Å². The lowest BCUT2D eigenvalue weighted by atomic mass is 10.1. The maximum atomic E-state index is 10.9. The summed E-state index contributed by atoms with van der Waals surface area (Å²) in [5, 5.41) is 3.39. The average molecular weight is 559 g/mol. The number of aryl methyl sites for hydroxylation is 3. The van der Waals surface area contributed by atoms with Gasteiger partial charge in [-0.15, -0.1) is 0 Å². The van der Waals surface area contributed by atoms with Gasteiger partial charge < -0.3 is 0 Å². The van der Waals surface area contributed by atoms with Crippen LogP contribution in [0, 0.1) is 0 Å². The van der Waals surface area contributed by atoms with Crippen LogP contribution < -0.4 is 13.7 Å². The molecule has 6 aromatic rings. The van der Waals surface area contributed by atoms with Gasteiger partial charge in [0, 0.05) is 57.6 Å². The number of carbonyl (C=O) groups excluding carboxylic acids is 3. The maximum absolute atomic E-state index is 10.9. The van der Waals surface area contributed by atoms with E-state index in [4.69, 9.17) is 0 Å². The van der Waals surface area contributed by atoms with E-state index in [9.17, 15) is 14.4 Å². The Bertz CT molecular complexity index is 1850. The van der Waals surface area contributed by atoms with Gasteiger partial charge in [-0.25, -0.2) is 0 Å². The van der Waals surface area contributed by atoms with Gasteiger partial charge in [-0.3, -0.25) is 14.4 Å². The number of hydrogen-bond donors (Lipinski definition) is 0. The maximum Gasteiger partial charge on any atom is 0.223 e. The van der Waals surface area contributed by atoms with Gasteiger partial charge in [-0.1, -0.05) is 12.1 Å². The highest BCUT2D eigenvalue weighted by atomic mass is 16.1. The van der Waals surface area contributed by atoms with Crippen LogP contribution in [-0.4, -0.2) is 18.9 Å². The highest BCUT2D eigenvalue weighted by Crippen LogP contribution is 2.13. The molecular weight excluding hydrogens is 522 g/mol. The van der Waals surface area contributed by atoms with Crippen molar-refractivity contribution in [1.29, 1.82) is 0 Å². The molecule has 210 valence electrons. The summed E-state index contributed by atoms with van der Waals surface area (Å²) >= 11 is 0. The molecule has 0 unspecified atom stereocenters. The summed E-state index contributed by atoms with van der Waals surface area (Å²) in [6.07, 6.45) is 8.73. The minimum atomic E-state index is 0.728. The molecule has 6 heteroatoms. The topological polar surface area (TPSA) is 62.9 Å². The number of hydrogen-bond acceptors (Lipinski definition) is 3. The van der Waals surface area contributed by atoms with Crippen molar-refractivity contribution in [3.8, 4) is 0 Å². The van der Waals surface area contributed by atoms with Crippen LogP contribution in [0.5, 0.6) is 0 Å². The zero-order valence-electron chi connectivity index (χ0n) is 24.3. The standard InChI is InChI=1S/3C12H12NO/c1-2-13-8-4-7-10-5-3-6-11(9-14)12(10)13;1-2-13-7-3-4-11-8-10(9-14)5-6-12(11)13;1-2-13-7-3-4-11-6-5-10(9-14)8-12(11)13/h3*3-9H,2H2,1H3/q3*+1. The SMILES string of the molecule is CC[n+]1cccc2cc(C=O)ccc21.CC[n+]1cccc2ccc(C=O)cc21.CC[n+]1cccc2cccc(C=O)c21. The van der Waals surface area contributed by atoms with Crippen LogP contribution in [-0.2, 0) is 19.6 Å². The molecule has 0 amide bonds. The molecule has 0 bridgehead atoms. The molecule has 6 rings (SSSR count). The fourth-order valence-corrected chi connectivity index (χ4v) is 5.01. The third-order valence-corrected chi connectivity index (χ3v) is 7.16. The summed E-state index contributed by atoms with van der Waals surface area (Å²) < 4.78 is 6.37. The largest absolute Gasteiger partial charge is 0.298 e. The summed E-state index contributed by atoms with van der Waals surface area (Å²) in [5.74, 6) is 0. The van der Waals surface area contributed by atoms with E-state index >= 15 is 0 Å². The second-order valence-corrected chi connectivity index (χ2v) is 9.66. The van der Waals surface area contributed by atoms with Crippen LogP contribution in [0.15, 0.2) is 110 Å². The van der Waals surface area contributed by atoms with E-state index in [1.54, 1.807) is 0 Å². The number of rotatable bonds is 6. The van der Waals surface area contributed by atoms with Crippen LogP contribution >= 0.6 is 0 Å². The number of para-hydroxylation sites is 1. The van der Waals surface area contributed by atoms with Crippen LogP contribution in [0.25, 0.3) is 32.7 Å². The lowest BCUT2D eigenvalue weighted by molar-refractivity contribution is -0.668. The number of pyridine rings is 3. The summed E-state index contributed by atoms with van der Waals surface area (Å²) in [6.45, 7) is 9.00. The van der Waals surface area contributed by atoms with Gasteiger partial charge in [0.2, 0.25) is 16.6 Å². The third kappa shape index (κ3) is 6.78. The molecule has 0 spiro atoms. The van der Waals surface area contributed by atoms with Crippen molar-refractivity contribution >= 4 is 51.6 Å². The van der Waals surface area contributed by atoms with E-state index in [-0.39, 0.29) is 0 Å². The smallest absolute Gasteiger partial charge is 0.223 e.